The Morgan fingerprint density at radius 2 is 1.97 bits per heavy atom. The number of para-hydroxylation sites is 1. The van der Waals surface area contributed by atoms with Gasteiger partial charge < -0.3 is 21.1 Å². The number of fused-ring (bicyclic) bond motifs is 1. The number of carbonyl (C=O) groups excluding carboxylic acids is 1. The zero-order chi connectivity index (χ0) is 25.2. The van der Waals surface area contributed by atoms with Gasteiger partial charge in [0.15, 0.2) is 0 Å². The number of nitrogens with zero attached hydrogens (tertiary/aromatic N) is 3. The molecule has 0 unspecified atom stereocenters. The van der Waals surface area contributed by atoms with Gasteiger partial charge in [-0.25, -0.2) is 13.4 Å². The molecule has 35 heavy (non-hydrogen) atoms. The Kier molecular flexibility index (Phi) is 7.24. The zero-order valence-electron chi connectivity index (χ0n) is 19.2. The maximum absolute atomic E-state index is 12.4. The first-order chi connectivity index (χ1) is 16.7. The molecule has 0 fully saturated rings. The Hall–Kier alpha value is -3.22. The average molecular weight is 561 g/mol. The highest BCUT2D eigenvalue weighted by Gasteiger charge is 2.26. The first kappa shape index (κ1) is 24.9. The van der Waals surface area contributed by atoms with Gasteiger partial charge in [0.05, 0.1) is 24.2 Å². The van der Waals surface area contributed by atoms with Gasteiger partial charge in [-0.15, -0.1) is 0 Å². The van der Waals surface area contributed by atoms with E-state index >= 15 is 0 Å². The van der Waals surface area contributed by atoms with E-state index in [0.717, 1.165) is 15.6 Å². The minimum Gasteiger partial charge on any atom is -0.495 e. The SMILES string of the molecule is CCS(=O)(=O)N1CCc2cc(OC)c(Nc3ncc(C(N)=O)c(Nc4ccccc4Br)n3)cc2C1. The minimum atomic E-state index is -3.30. The molecule has 12 heteroatoms. The number of rotatable bonds is 8. The molecule has 1 amide bonds. The number of primary amides is 1. The van der Waals surface area contributed by atoms with E-state index in [1.807, 2.05) is 36.4 Å². The molecule has 2 heterocycles. The molecular formula is C23H25BrN6O4S. The number of methoxy groups -OCH3 is 1. The summed E-state index contributed by atoms with van der Waals surface area (Å²) in [5, 5.41) is 6.24. The number of carbonyl (C=O) groups is 1. The van der Waals surface area contributed by atoms with Gasteiger partial charge in [-0.05, 0) is 64.7 Å². The molecule has 1 aromatic heterocycles. The molecule has 0 saturated heterocycles. The Morgan fingerprint density at radius 1 is 1.20 bits per heavy atom. The van der Waals surface area contributed by atoms with Gasteiger partial charge in [-0.1, -0.05) is 12.1 Å². The second-order valence-corrected chi connectivity index (χ2v) is 11.0. The van der Waals surface area contributed by atoms with Crippen LogP contribution in [-0.4, -0.2) is 48.0 Å². The minimum absolute atomic E-state index is 0.0525. The van der Waals surface area contributed by atoms with Gasteiger partial charge >= 0.3 is 0 Å². The van der Waals surface area contributed by atoms with Crippen molar-refractivity contribution < 1.29 is 17.9 Å². The summed E-state index contributed by atoms with van der Waals surface area (Å²) in [5.74, 6) is 0.389. The van der Waals surface area contributed by atoms with Crippen LogP contribution in [0.3, 0.4) is 0 Å². The number of aromatic nitrogens is 2. The third-order valence-corrected chi connectivity index (χ3v) is 8.20. The van der Waals surface area contributed by atoms with Crippen molar-refractivity contribution >= 4 is 55.0 Å². The number of ether oxygens (including phenoxy) is 1. The molecule has 0 radical (unpaired) electrons. The predicted molar refractivity (Wildman–Crippen MR) is 138 cm³/mol. The van der Waals surface area contributed by atoms with Crippen LogP contribution < -0.4 is 21.1 Å². The second-order valence-electron chi connectivity index (χ2n) is 7.86. The Labute approximate surface area is 212 Å². The number of nitrogens with one attached hydrogen (secondary N) is 2. The van der Waals surface area contributed by atoms with Crippen LogP contribution in [0.2, 0.25) is 0 Å². The highest BCUT2D eigenvalue weighted by molar-refractivity contribution is 9.10. The van der Waals surface area contributed by atoms with E-state index in [4.69, 9.17) is 10.5 Å². The molecule has 0 atom stereocenters. The zero-order valence-corrected chi connectivity index (χ0v) is 21.6. The number of hydrogen-bond donors (Lipinski definition) is 3. The summed E-state index contributed by atoms with van der Waals surface area (Å²) < 4.78 is 32.6. The lowest BCUT2D eigenvalue weighted by atomic mass is 9.99. The van der Waals surface area contributed by atoms with Gasteiger partial charge in [-0.2, -0.15) is 9.29 Å². The number of amides is 1. The van der Waals surface area contributed by atoms with E-state index in [1.165, 1.54) is 10.5 Å². The van der Waals surface area contributed by atoms with Gasteiger partial charge in [0.25, 0.3) is 5.91 Å². The first-order valence-corrected chi connectivity index (χ1v) is 13.2. The van der Waals surface area contributed by atoms with Crippen LogP contribution in [0.15, 0.2) is 47.1 Å². The summed E-state index contributed by atoms with van der Waals surface area (Å²) in [6.07, 6.45) is 1.94. The maximum Gasteiger partial charge on any atom is 0.254 e. The van der Waals surface area contributed by atoms with Crippen molar-refractivity contribution in [3.8, 4) is 5.75 Å². The Bertz CT molecular complexity index is 1380. The van der Waals surface area contributed by atoms with E-state index in [1.54, 1.807) is 14.0 Å². The van der Waals surface area contributed by atoms with Crippen LogP contribution in [-0.2, 0) is 23.0 Å². The van der Waals surface area contributed by atoms with E-state index in [9.17, 15) is 13.2 Å². The molecule has 0 bridgehead atoms. The fourth-order valence-electron chi connectivity index (χ4n) is 3.78. The fourth-order valence-corrected chi connectivity index (χ4v) is 5.23. The number of benzene rings is 2. The van der Waals surface area contributed by atoms with E-state index in [0.29, 0.717) is 30.1 Å². The third-order valence-electron chi connectivity index (χ3n) is 5.68. The fraction of sp³-hybridized carbons (Fsp3) is 0.261. The smallest absolute Gasteiger partial charge is 0.254 e. The summed E-state index contributed by atoms with van der Waals surface area (Å²) in [5.41, 5.74) is 8.82. The van der Waals surface area contributed by atoms with Crippen molar-refractivity contribution in [3.05, 3.63) is 63.8 Å². The van der Waals surface area contributed by atoms with Crippen LogP contribution in [0.25, 0.3) is 0 Å². The van der Waals surface area contributed by atoms with E-state index in [2.05, 4.69) is 36.5 Å². The molecule has 0 aliphatic carbocycles. The van der Waals surface area contributed by atoms with Gasteiger partial charge in [0.2, 0.25) is 16.0 Å². The van der Waals surface area contributed by atoms with Gasteiger partial charge in [0, 0.05) is 23.8 Å². The normalized spacial score (nSPS) is 13.7. The van der Waals surface area contributed by atoms with E-state index in [-0.39, 0.29) is 29.6 Å². The van der Waals surface area contributed by atoms with Gasteiger partial charge in [-0.3, -0.25) is 4.79 Å². The Balaban J connectivity index is 1.67. The molecule has 3 aromatic rings. The lowest BCUT2D eigenvalue weighted by molar-refractivity contribution is 0.100. The summed E-state index contributed by atoms with van der Waals surface area (Å²) >= 11 is 3.46. The van der Waals surface area contributed by atoms with Crippen molar-refractivity contribution in [3.63, 3.8) is 0 Å². The highest BCUT2D eigenvalue weighted by atomic mass is 79.9. The standard InChI is InChI=1S/C23H25BrN6O4S/c1-3-35(32,33)30-9-8-14-11-20(34-2)19(10-15(14)13-30)28-23-26-12-16(21(25)31)22(29-23)27-18-7-5-4-6-17(18)24/h4-7,10-12H,3,8-9,13H2,1-2H3,(H2,25,31)(H2,26,27,28,29). The first-order valence-electron chi connectivity index (χ1n) is 10.8. The quantitative estimate of drug-likeness (QED) is 0.380. The lowest BCUT2D eigenvalue weighted by Gasteiger charge is -2.28. The monoisotopic (exact) mass is 560 g/mol. The van der Waals surface area contributed by atoms with Gasteiger partial charge in [0.1, 0.15) is 17.1 Å². The van der Waals surface area contributed by atoms with Crippen molar-refractivity contribution in [1.29, 1.82) is 0 Å². The topological polar surface area (TPSA) is 140 Å². The molecular weight excluding hydrogens is 536 g/mol. The molecule has 4 rings (SSSR count). The largest absolute Gasteiger partial charge is 0.495 e. The number of nitrogens with two attached hydrogens (primary N) is 1. The molecule has 2 aromatic carbocycles. The highest BCUT2D eigenvalue weighted by Crippen LogP contribution is 2.34. The number of hydrogen-bond acceptors (Lipinski definition) is 8. The van der Waals surface area contributed by atoms with E-state index < -0.39 is 15.9 Å². The van der Waals surface area contributed by atoms with Crippen LogP contribution in [0.1, 0.15) is 28.4 Å². The Morgan fingerprint density at radius 3 is 2.66 bits per heavy atom. The number of sulfonamides is 1. The number of halogens is 1. The molecule has 1 aliphatic rings. The third kappa shape index (κ3) is 5.39. The van der Waals surface area contributed by atoms with Crippen LogP contribution >= 0.6 is 15.9 Å². The molecule has 10 nitrogen and oxygen atoms in total. The van der Waals surface area contributed by atoms with Crippen molar-refractivity contribution in [2.75, 3.05) is 30.0 Å². The molecule has 184 valence electrons. The molecule has 0 spiro atoms. The summed E-state index contributed by atoms with van der Waals surface area (Å²) in [7, 11) is -1.75. The number of anilines is 4. The van der Waals surface area contributed by atoms with Crippen LogP contribution in [0, 0.1) is 0 Å². The van der Waals surface area contributed by atoms with Crippen LogP contribution in [0.5, 0.6) is 5.75 Å². The molecule has 1 aliphatic heterocycles. The van der Waals surface area contributed by atoms with Crippen molar-refractivity contribution in [2.45, 2.75) is 19.9 Å². The summed E-state index contributed by atoms with van der Waals surface area (Å²) in [4.78, 5) is 20.7. The average Bonchev–Trinajstić information content (AvgIpc) is 2.84. The molecule has 0 saturated carbocycles. The molecule has 4 N–H and O–H groups in total. The predicted octanol–water partition coefficient (Wildman–Crippen LogP) is 3.54. The maximum atomic E-state index is 12.4. The summed E-state index contributed by atoms with van der Waals surface area (Å²) in [6, 6.07) is 11.1. The summed E-state index contributed by atoms with van der Waals surface area (Å²) in [6.45, 7) is 2.35. The van der Waals surface area contributed by atoms with Crippen LogP contribution in [0.4, 0.5) is 23.1 Å². The second kappa shape index (κ2) is 10.2. The van der Waals surface area contributed by atoms with Crippen molar-refractivity contribution in [1.82, 2.24) is 14.3 Å². The van der Waals surface area contributed by atoms with Crippen molar-refractivity contribution in [2.24, 2.45) is 5.73 Å². The lowest BCUT2D eigenvalue weighted by Crippen LogP contribution is -2.36.